The number of amides is 3. The van der Waals surface area contributed by atoms with Crippen LogP contribution in [-0.2, 0) is 14.4 Å². The van der Waals surface area contributed by atoms with Crippen molar-refractivity contribution in [1.82, 2.24) is 15.5 Å². The Hall–Kier alpha value is -4.18. The first-order valence-electron chi connectivity index (χ1n) is 13.3. The van der Waals surface area contributed by atoms with Crippen molar-refractivity contribution >= 4 is 34.9 Å². The van der Waals surface area contributed by atoms with Crippen molar-refractivity contribution in [2.45, 2.75) is 44.2 Å². The highest BCUT2D eigenvalue weighted by Crippen LogP contribution is 2.32. The number of hydrogen-bond acceptors (Lipinski definition) is 6. The summed E-state index contributed by atoms with van der Waals surface area (Å²) < 4.78 is 5.62. The van der Waals surface area contributed by atoms with Gasteiger partial charge in [-0.3, -0.25) is 19.8 Å². The van der Waals surface area contributed by atoms with E-state index in [1.807, 2.05) is 67.6 Å². The van der Waals surface area contributed by atoms with Gasteiger partial charge in [-0.1, -0.05) is 48.5 Å². The molecule has 0 spiro atoms. The number of likely N-dealkylation sites (tertiary alicyclic amines) is 1. The zero-order chi connectivity index (χ0) is 28.5. The average Bonchev–Trinajstić information content (AvgIpc) is 3.64. The molecule has 5 N–H and O–H groups in total. The van der Waals surface area contributed by atoms with Gasteiger partial charge < -0.3 is 26.0 Å². The van der Waals surface area contributed by atoms with Crippen LogP contribution in [-0.4, -0.2) is 54.2 Å². The minimum atomic E-state index is -0.663. The number of thiophene rings is 1. The number of para-hydroxylation sites is 1. The number of nitrogens with one attached hydrogen (secondary N) is 3. The minimum Gasteiger partial charge on any atom is -0.494 e. The van der Waals surface area contributed by atoms with E-state index in [2.05, 4.69) is 10.6 Å². The van der Waals surface area contributed by atoms with Gasteiger partial charge in [0.1, 0.15) is 17.6 Å². The molecule has 4 rings (SSSR count). The molecule has 3 atom stereocenters. The van der Waals surface area contributed by atoms with Gasteiger partial charge >= 0.3 is 0 Å². The lowest BCUT2D eigenvalue weighted by Crippen LogP contribution is -2.49. The predicted octanol–water partition coefficient (Wildman–Crippen LogP) is 3.57. The smallest absolute Gasteiger partial charge is 0.243 e. The number of nitrogens with zero attached hydrogens (tertiary/aromatic N) is 1. The van der Waals surface area contributed by atoms with Gasteiger partial charge in [-0.2, -0.15) is 0 Å². The van der Waals surface area contributed by atoms with Gasteiger partial charge in [0.05, 0.1) is 19.2 Å². The molecule has 3 amide bonds. The monoisotopic (exact) mass is 561 g/mol. The third kappa shape index (κ3) is 7.69. The van der Waals surface area contributed by atoms with Crippen molar-refractivity contribution < 1.29 is 19.1 Å². The molecule has 1 fully saturated rings. The average molecular weight is 562 g/mol. The third-order valence-electron chi connectivity index (χ3n) is 6.91. The van der Waals surface area contributed by atoms with Gasteiger partial charge in [-0.25, -0.2) is 0 Å². The van der Waals surface area contributed by atoms with Crippen LogP contribution in [0.2, 0.25) is 0 Å². The fraction of sp³-hybridized carbons (Fsp3) is 0.333. The van der Waals surface area contributed by atoms with Gasteiger partial charge in [0.15, 0.2) is 0 Å². The highest BCUT2D eigenvalue weighted by Gasteiger charge is 2.40. The quantitative estimate of drug-likeness (QED) is 0.152. The van der Waals surface area contributed by atoms with Crippen LogP contribution in [0.25, 0.3) is 0 Å². The molecule has 10 heteroatoms. The van der Waals surface area contributed by atoms with Crippen LogP contribution in [0, 0.1) is 5.41 Å². The van der Waals surface area contributed by atoms with Gasteiger partial charge in [0, 0.05) is 34.7 Å². The van der Waals surface area contributed by atoms with Crippen molar-refractivity contribution in [3.05, 3.63) is 88.1 Å². The van der Waals surface area contributed by atoms with E-state index in [9.17, 15) is 14.4 Å². The molecule has 3 aromatic rings. The van der Waals surface area contributed by atoms with E-state index in [0.29, 0.717) is 31.6 Å². The van der Waals surface area contributed by atoms with Crippen LogP contribution >= 0.6 is 11.3 Å². The molecule has 210 valence electrons. The number of carbonyl (C=O) groups is 3. The predicted molar refractivity (Wildman–Crippen MR) is 155 cm³/mol. The van der Waals surface area contributed by atoms with Crippen molar-refractivity contribution in [2.24, 2.45) is 5.73 Å². The molecule has 0 saturated carbocycles. The van der Waals surface area contributed by atoms with Crippen molar-refractivity contribution in [2.75, 3.05) is 19.7 Å². The Labute approximate surface area is 238 Å². The lowest BCUT2D eigenvalue weighted by Gasteiger charge is -2.25. The number of nitrogen functional groups attached to an aromatic ring is 1. The zero-order valence-corrected chi connectivity index (χ0v) is 23.3. The molecule has 40 heavy (non-hydrogen) atoms. The highest BCUT2D eigenvalue weighted by molar-refractivity contribution is 7.10. The van der Waals surface area contributed by atoms with E-state index in [0.717, 1.165) is 16.2 Å². The number of ether oxygens (including phenoxy) is 1. The van der Waals surface area contributed by atoms with E-state index in [1.54, 1.807) is 16.3 Å². The number of hydrogen-bond donors (Lipinski definition) is 4. The van der Waals surface area contributed by atoms with E-state index < -0.39 is 6.04 Å². The second-order valence-electron chi connectivity index (χ2n) is 9.83. The maximum absolute atomic E-state index is 13.4. The number of benzene rings is 2. The summed E-state index contributed by atoms with van der Waals surface area (Å²) in [5.41, 5.74) is 7.26. The molecule has 0 unspecified atom stereocenters. The molecular formula is C30H35N5O4S. The SMILES string of the molecule is C[C@@H](NC(=O)[C@@H]1C[C@@H](c2ccccc2)CN1C(=O)CNC(=O)CCCOc1ccccc1)c1cc(C(=N)N)cs1. The summed E-state index contributed by atoms with van der Waals surface area (Å²) in [4.78, 5) is 41.5. The van der Waals surface area contributed by atoms with Crippen molar-refractivity contribution in [1.29, 1.82) is 5.41 Å². The molecule has 0 radical (unpaired) electrons. The number of amidine groups is 1. The Bertz CT molecular complexity index is 1310. The Balaban J connectivity index is 1.33. The molecule has 1 aliphatic rings. The number of rotatable bonds is 12. The Morgan fingerprint density at radius 2 is 1.82 bits per heavy atom. The summed E-state index contributed by atoms with van der Waals surface area (Å²) in [6, 6.07) is 20.0. The lowest BCUT2D eigenvalue weighted by atomic mass is 9.96. The van der Waals surface area contributed by atoms with Crippen LogP contribution < -0.4 is 21.1 Å². The van der Waals surface area contributed by atoms with Crippen LogP contribution in [0.1, 0.15) is 54.1 Å². The first kappa shape index (κ1) is 28.8. The fourth-order valence-corrected chi connectivity index (χ4v) is 5.65. The number of nitrogens with two attached hydrogens (primary N) is 1. The fourth-order valence-electron chi connectivity index (χ4n) is 4.73. The normalized spacial score (nSPS) is 17.2. The summed E-state index contributed by atoms with van der Waals surface area (Å²) >= 11 is 1.42. The summed E-state index contributed by atoms with van der Waals surface area (Å²) in [5, 5.41) is 15.1. The van der Waals surface area contributed by atoms with Crippen LogP contribution in [0.3, 0.4) is 0 Å². The molecule has 1 aromatic heterocycles. The Morgan fingerprint density at radius 3 is 2.50 bits per heavy atom. The second kappa shape index (κ2) is 13.7. The van der Waals surface area contributed by atoms with Crippen molar-refractivity contribution in [3.8, 4) is 5.75 Å². The van der Waals surface area contributed by atoms with Gasteiger partial charge in [0.2, 0.25) is 17.7 Å². The third-order valence-corrected chi connectivity index (χ3v) is 8.02. The first-order chi connectivity index (χ1) is 19.3. The Kier molecular flexibility index (Phi) is 9.91. The van der Waals surface area contributed by atoms with E-state index in [1.165, 1.54) is 11.3 Å². The minimum absolute atomic E-state index is 0.00750. The maximum atomic E-state index is 13.4. The Morgan fingerprint density at radius 1 is 1.12 bits per heavy atom. The van der Waals surface area contributed by atoms with Gasteiger partial charge in [-0.15, -0.1) is 11.3 Å². The van der Waals surface area contributed by atoms with Gasteiger partial charge in [-0.05, 0) is 43.5 Å². The molecule has 2 heterocycles. The summed E-state index contributed by atoms with van der Waals surface area (Å²) in [7, 11) is 0. The molecule has 0 aliphatic carbocycles. The standard InChI is InChI=1S/C30H35N5O4S/c1-20(26-16-23(19-40-26)29(31)32)34-30(38)25-15-22(21-9-4-2-5-10-21)18-35(25)28(37)17-33-27(36)13-8-14-39-24-11-6-3-7-12-24/h2-7,9-12,16,19-20,22,25H,8,13-15,17-18H2,1H3,(H3,31,32)(H,33,36)(H,34,38)/t20-,22-,25+/m1/s1. The lowest BCUT2D eigenvalue weighted by molar-refractivity contribution is -0.139. The molecule has 0 bridgehead atoms. The van der Waals surface area contributed by atoms with Crippen molar-refractivity contribution in [3.63, 3.8) is 0 Å². The summed E-state index contributed by atoms with van der Waals surface area (Å²) in [6.07, 6.45) is 1.24. The van der Waals surface area contributed by atoms with Crippen LogP contribution in [0.15, 0.2) is 72.1 Å². The van der Waals surface area contributed by atoms with Gasteiger partial charge in [0.25, 0.3) is 0 Å². The molecule has 2 aromatic carbocycles. The first-order valence-corrected chi connectivity index (χ1v) is 14.2. The molecule has 9 nitrogen and oxygen atoms in total. The highest BCUT2D eigenvalue weighted by atomic mass is 32.1. The largest absolute Gasteiger partial charge is 0.494 e. The topological polar surface area (TPSA) is 138 Å². The van der Waals surface area contributed by atoms with E-state index in [4.69, 9.17) is 15.9 Å². The number of carbonyl (C=O) groups excluding carboxylic acids is 3. The maximum Gasteiger partial charge on any atom is 0.243 e. The molecule has 1 aliphatic heterocycles. The zero-order valence-electron chi connectivity index (χ0n) is 22.5. The molecule has 1 saturated heterocycles. The summed E-state index contributed by atoms with van der Waals surface area (Å²) in [6.45, 7) is 2.48. The molecular weight excluding hydrogens is 526 g/mol. The van der Waals surface area contributed by atoms with E-state index >= 15 is 0 Å². The second-order valence-corrected chi connectivity index (χ2v) is 10.8. The van der Waals surface area contributed by atoms with Crippen LogP contribution in [0.5, 0.6) is 5.75 Å². The summed E-state index contributed by atoms with van der Waals surface area (Å²) in [5.74, 6) is -0.0516. The van der Waals surface area contributed by atoms with Crippen LogP contribution in [0.4, 0.5) is 0 Å². The van der Waals surface area contributed by atoms with E-state index in [-0.39, 0.29) is 48.5 Å².